The van der Waals surface area contributed by atoms with Gasteiger partial charge in [-0.05, 0) is 17.0 Å². The number of esters is 1. The van der Waals surface area contributed by atoms with Gasteiger partial charge >= 0.3 is 5.97 Å². The molecule has 0 spiro atoms. The maximum atomic E-state index is 15.4. The van der Waals surface area contributed by atoms with Crippen LogP contribution in [-0.2, 0) is 15.1 Å². The molecule has 2 aromatic carbocycles. The zero-order chi connectivity index (χ0) is 18.0. The van der Waals surface area contributed by atoms with E-state index in [0.29, 0.717) is 0 Å². The molecular formula is C21H24FNO2. The van der Waals surface area contributed by atoms with Crippen LogP contribution >= 0.6 is 0 Å². The molecule has 1 aliphatic rings. The van der Waals surface area contributed by atoms with Gasteiger partial charge in [0.05, 0.1) is 7.11 Å². The molecule has 0 aromatic heterocycles. The summed E-state index contributed by atoms with van der Waals surface area (Å²) in [6.07, 6.45) is -0.502. The Morgan fingerprint density at radius 3 is 2.00 bits per heavy atom. The first-order valence-corrected chi connectivity index (χ1v) is 8.70. The zero-order valence-electron chi connectivity index (χ0n) is 14.9. The second kappa shape index (κ2) is 6.96. The molecule has 0 N–H and O–H groups in total. The Kier molecular flexibility index (Phi) is 4.91. The first kappa shape index (κ1) is 17.6. The summed E-state index contributed by atoms with van der Waals surface area (Å²) in [7, 11) is 1.36. The van der Waals surface area contributed by atoms with Gasteiger partial charge in [0, 0.05) is 0 Å². The molecule has 132 valence electrons. The molecule has 4 heteroatoms. The van der Waals surface area contributed by atoms with Crippen molar-refractivity contribution in [2.45, 2.75) is 38.1 Å². The number of benzene rings is 2. The van der Waals surface area contributed by atoms with Gasteiger partial charge in [0.1, 0.15) is 11.6 Å². The Morgan fingerprint density at radius 1 is 1.12 bits per heavy atom. The summed E-state index contributed by atoms with van der Waals surface area (Å²) in [4.78, 5) is 14.1. The number of hydrogen-bond acceptors (Lipinski definition) is 3. The van der Waals surface area contributed by atoms with Crippen molar-refractivity contribution in [2.24, 2.45) is 5.92 Å². The van der Waals surface area contributed by atoms with Gasteiger partial charge < -0.3 is 4.74 Å². The average Bonchev–Trinajstić information content (AvgIpc) is 3.28. The van der Waals surface area contributed by atoms with Crippen molar-refractivity contribution in [1.82, 2.24) is 4.90 Å². The lowest BCUT2D eigenvalue weighted by molar-refractivity contribution is -0.147. The van der Waals surface area contributed by atoms with E-state index in [1.807, 2.05) is 74.5 Å². The number of rotatable bonds is 6. The van der Waals surface area contributed by atoms with Crippen molar-refractivity contribution in [3.8, 4) is 0 Å². The first-order chi connectivity index (χ1) is 12.1. The third-order valence-corrected chi connectivity index (χ3v) is 5.28. The third-order valence-electron chi connectivity index (χ3n) is 5.28. The Balaban J connectivity index is 2.12. The smallest absolute Gasteiger partial charge is 0.323 e. The number of hydrogen-bond donors (Lipinski definition) is 0. The van der Waals surface area contributed by atoms with Gasteiger partial charge in [-0.1, -0.05) is 80.9 Å². The molecule has 25 heavy (non-hydrogen) atoms. The minimum Gasteiger partial charge on any atom is -0.468 e. The number of carbonyl (C=O) groups is 1. The molecule has 4 unspecified atom stereocenters. The molecule has 0 saturated carbocycles. The topological polar surface area (TPSA) is 29.3 Å². The summed E-state index contributed by atoms with van der Waals surface area (Å²) in [5.41, 5.74) is 0.766. The highest BCUT2D eigenvalue weighted by Gasteiger charge is 2.70. The monoisotopic (exact) mass is 341 g/mol. The molecule has 0 aliphatic carbocycles. The first-order valence-electron chi connectivity index (χ1n) is 8.70. The highest BCUT2D eigenvalue weighted by molar-refractivity contribution is 5.77. The normalized spacial score (nSPS) is 23.5. The predicted molar refractivity (Wildman–Crippen MR) is 95.7 cm³/mol. The molecule has 1 heterocycles. The van der Waals surface area contributed by atoms with Crippen LogP contribution in [0.5, 0.6) is 0 Å². The molecule has 0 amide bonds. The Morgan fingerprint density at radius 2 is 1.60 bits per heavy atom. The van der Waals surface area contributed by atoms with E-state index >= 15 is 4.39 Å². The fourth-order valence-corrected chi connectivity index (χ4v) is 3.73. The minimum absolute atomic E-state index is 0.0139. The number of carbonyl (C=O) groups excluding carboxylic acids is 1. The van der Waals surface area contributed by atoms with E-state index < -0.39 is 17.9 Å². The second-order valence-electron chi connectivity index (χ2n) is 6.60. The maximum absolute atomic E-state index is 15.4. The minimum atomic E-state index is -1.27. The second-order valence-corrected chi connectivity index (χ2v) is 6.60. The summed E-state index contributed by atoms with van der Waals surface area (Å²) in [6, 6.07) is 18.5. The number of ether oxygens (including phenoxy) is 1. The van der Waals surface area contributed by atoms with Gasteiger partial charge in [-0.3, -0.25) is 4.79 Å². The lowest BCUT2D eigenvalue weighted by Crippen LogP contribution is -2.39. The summed E-state index contributed by atoms with van der Waals surface area (Å²) < 4.78 is 20.4. The van der Waals surface area contributed by atoms with Crippen LogP contribution in [-0.4, -0.2) is 30.3 Å². The summed E-state index contributed by atoms with van der Waals surface area (Å²) >= 11 is 0. The van der Waals surface area contributed by atoms with E-state index in [1.54, 1.807) is 4.90 Å². The van der Waals surface area contributed by atoms with Crippen LogP contribution in [0.1, 0.15) is 31.4 Å². The van der Waals surface area contributed by atoms with Crippen molar-refractivity contribution in [3.05, 3.63) is 71.8 Å². The molecule has 0 bridgehead atoms. The van der Waals surface area contributed by atoms with E-state index in [4.69, 9.17) is 4.74 Å². The van der Waals surface area contributed by atoms with Crippen molar-refractivity contribution in [2.75, 3.05) is 7.11 Å². The Labute approximate surface area is 148 Å². The van der Waals surface area contributed by atoms with Crippen molar-refractivity contribution in [1.29, 1.82) is 0 Å². The van der Waals surface area contributed by atoms with Gasteiger partial charge in [0.15, 0.2) is 6.30 Å². The van der Waals surface area contributed by atoms with Gasteiger partial charge in [0.25, 0.3) is 0 Å². The molecule has 3 nitrogen and oxygen atoms in total. The van der Waals surface area contributed by atoms with E-state index in [-0.39, 0.29) is 11.9 Å². The van der Waals surface area contributed by atoms with Crippen LogP contribution in [0.15, 0.2) is 60.7 Å². The number of halogens is 1. The molecule has 1 aliphatic heterocycles. The molecule has 3 rings (SSSR count). The van der Waals surface area contributed by atoms with Crippen LogP contribution < -0.4 is 0 Å². The van der Waals surface area contributed by atoms with E-state index in [9.17, 15) is 4.79 Å². The number of methoxy groups -OCH3 is 1. The van der Waals surface area contributed by atoms with Gasteiger partial charge in [-0.15, -0.1) is 0 Å². The van der Waals surface area contributed by atoms with E-state index in [2.05, 4.69) is 0 Å². The fraction of sp³-hybridized carbons (Fsp3) is 0.381. The summed E-state index contributed by atoms with van der Waals surface area (Å²) in [6.45, 7) is 3.97. The highest BCUT2D eigenvalue weighted by atomic mass is 19.1. The fourth-order valence-electron chi connectivity index (χ4n) is 3.73. The number of nitrogens with zero attached hydrogens (tertiary/aromatic N) is 1. The van der Waals surface area contributed by atoms with Gasteiger partial charge in [0.2, 0.25) is 0 Å². The van der Waals surface area contributed by atoms with Crippen LogP contribution in [0.4, 0.5) is 4.39 Å². The Hall–Kier alpha value is -2.20. The summed E-state index contributed by atoms with van der Waals surface area (Å²) in [5, 5.41) is 0. The van der Waals surface area contributed by atoms with E-state index in [0.717, 1.165) is 17.5 Å². The van der Waals surface area contributed by atoms with Crippen molar-refractivity contribution >= 4 is 5.97 Å². The molecule has 2 aromatic rings. The quantitative estimate of drug-likeness (QED) is 0.449. The molecule has 0 radical (unpaired) electrons. The third kappa shape index (κ3) is 2.74. The number of alkyl halides is 1. The van der Waals surface area contributed by atoms with Crippen LogP contribution in [0.2, 0.25) is 0 Å². The highest BCUT2D eigenvalue weighted by Crippen LogP contribution is 2.57. The van der Waals surface area contributed by atoms with E-state index in [1.165, 1.54) is 7.11 Å². The molecule has 1 saturated heterocycles. The SMILES string of the molecule is CCC(C)C(C(=O)OC)N1C(F)C1(c1ccccc1)c1ccccc1. The van der Waals surface area contributed by atoms with Crippen LogP contribution in [0, 0.1) is 5.92 Å². The lowest BCUT2D eigenvalue weighted by atomic mass is 9.89. The van der Waals surface area contributed by atoms with Gasteiger partial charge in [-0.2, -0.15) is 0 Å². The standard InChI is InChI=1S/C21H24FNO2/c1-4-15(2)18(19(24)25-3)23-20(22)21(23,16-11-7-5-8-12-16)17-13-9-6-10-14-17/h5-15,18,20H,4H2,1-3H3. The molecular weight excluding hydrogens is 317 g/mol. The van der Waals surface area contributed by atoms with Crippen molar-refractivity contribution < 1.29 is 13.9 Å². The Bertz CT molecular complexity index is 680. The largest absolute Gasteiger partial charge is 0.468 e. The average molecular weight is 341 g/mol. The van der Waals surface area contributed by atoms with Crippen molar-refractivity contribution in [3.63, 3.8) is 0 Å². The molecule has 1 fully saturated rings. The van der Waals surface area contributed by atoms with Crippen LogP contribution in [0.25, 0.3) is 0 Å². The molecule has 4 atom stereocenters. The summed E-state index contributed by atoms with van der Waals surface area (Å²) in [5.74, 6) is -0.397. The zero-order valence-corrected chi connectivity index (χ0v) is 14.9. The van der Waals surface area contributed by atoms with Crippen LogP contribution in [0.3, 0.4) is 0 Å². The lowest BCUT2D eigenvalue weighted by Gasteiger charge is -2.26. The predicted octanol–water partition coefficient (Wildman–Crippen LogP) is 4.13. The van der Waals surface area contributed by atoms with Gasteiger partial charge in [-0.25, -0.2) is 9.29 Å². The maximum Gasteiger partial charge on any atom is 0.323 e.